The van der Waals surface area contributed by atoms with Crippen molar-refractivity contribution in [2.75, 3.05) is 0 Å². The zero-order valence-electron chi connectivity index (χ0n) is 14.9. The summed E-state index contributed by atoms with van der Waals surface area (Å²) >= 11 is 0. The first-order chi connectivity index (χ1) is 12.3. The van der Waals surface area contributed by atoms with Gasteiger partial charge in [0.05, 0.1) is 11.4 Å². The van der Waals surface area contributed by atoms with Gasteiger partial charge in [-0.1, -0.05) is 6.07 Å². The number of aryl methyl sites for hydroxylation is 3. The minimum absolute atomic E-state index is 0.109. The SMILES string of the molecule is CCn1c(=O)c(CCC(=O)O)c(C)c2c(C)nn(-c3cccc(F)c3)c21. The van der Waals surface area contributed by atoms with Crippen LogP contribution in [0.25, 0.3) is 16.7 Å². The molecule has 0 saturated carbocycles. The third-order valence-corrected chi connectivity index (χ3v) is 4.58. The highest BCUT2D eigenvalue weighted by molar-refractivity contribution is 5.85. The average molecular weight is 357 g/mol. The number of hydrogen-bond donors (Lipinski definition) is 1. The van der Waals surface area contributed by atoms with E-state index in [2.05, 4.69) is 5.10 Å². The molecule has 0 fully saturated rings. The van der Waals surface area contributed by atoms with E-state index in [0.29, 0.717) is 29.1 Å². The molecule has 0 amide bonds. The topological polar surface area (TPSA) is 77.1 Å². The summed E-state index contributed by atoms with van der Waals surface area (Å²) in [6.45, 7) is 5.88. The van der Waals surface area contributed by atoms with Gasteiger partial charge >= 0.3 is 5.97 Å². The van der Waals surface area contributed by atoms with E-state index < -0.39 is 5.97 Å². The Balaban J connectivity index is 2.35. The fraction of sp³-hybridized carbons (Fsp3) is 0.316. The van der Waals surface area contributed by atoms with Gasteiger partial charge in [-0.05, 0) is 51.0 Å². The Bertz CT molecular complexity index is 1070. The van der Waals surface area contributed by atoms with Gasteiger partial charge in [-0.2, -0.15) is 5.10 Å². The molecule has 2 heterocycles. The molecule has 136 valence electrons. The fourth-order valence-corrected chi connectivity index (χ4v) is 3.38. The molecule has 3 rings (SSSR count). The second-order valence-corrected chi connectivity index (χ2v) is 6.22. The molecule has 0 atom stereocenters. The molecule has 7 heteroatoms. The first-order valence-electron chi connectivity index (χ1n) is 8.44. The number of fused-ring (bicyclic) bond motifs is 1. The molecule has 0 aliphatic rings. The first-order valence-corrected chi connectivity index (χ1v) is 8.44. The Morgan fingerprint density at radius 2 is 2.04 bits per heavy atom. The molecule has 26 heavy (non-hydrogen) atoms. The number of aliphatic carboxylic acids is 1. The van der Waals surface area contributed by atoms with Crippen molar-refractivity contribution in [2.45, 2.75) is 40.2 Å². The summed E-state index contributed by atoms with van der Waals surface area (Å²) in [5.74, 6) is -1.33. The Morgan fingerprint density at radius 3 is 2.65 bits per heavy atom. The summed E-state index contributed by atoms with van der Waals surface area (Å²) < 4.78 is 16.8. The van der Waals surface area contributed by atoms with E-state index in [1.54, 1.807) is 21.4 Å². The quantitative estimate of drug-likeness (QED) is 0.761. The summed E-state index contributed by atoms with van der Waals surface area (Å²) in [7, 11) is 0. The van der Waals surface area contributed by atoms with E-state index in [0.717, 1.165) is 10.9 Å². The molecule has 1 N–H and O–H groups in total. The molecule has 0 aliphatic carbocycles. The number of hydrogen-bond acceptors (Lipinski definition) is 3. The summed E-state index contributed by atoms with van der Waals surface area (Å²) in [6.07, 6.45) is 0.0584. The number of rotatable bonds is 5. The molecule has 0 spiro atoms. The lowest BCUT2D eigenvalue weighted by Gasteiger charge is -2.14. The normalized spacial score (nSPS) is 11.2. The molecular formula is C19H20FN3O3. The second-order valence-electron chi connectivity index (χ2n) is 6.22. The largest absolute Gasteiger partial charge is 0.481 e. The lowest BCUT2D eigenvalue weighted by atomic mass is 10.0. The van der Waals surface area contributed by atoms with Crippen molar-refractivity contribution in [3.63, 3.8) is 0 Å². The molecule has 0 bridgehead atoms. The van der Waals surface area contributed by atoms with Gasteiger partial charge in [0.15, 0.2) is 0 Å². The van der Waals surface area contributed by atoms with Crippen molar-refractivity contribution in [1.82, 2.24) is 14.3 Å². The summed E-state index contributed by atoms with van der Waals surface area (Å²) in [6, 6.07) is 6.04. The van der Waals surface area contributed by atoms with Gasteiger partial charge in [0, 0.05) is 23.9 Å². The van der Waals surface area contributed by atoms with E-state index in [-0.39, 0.29) is 24.2 Å². The van der Waals surface area contributed by atoms with E-state index in [1.165, 1.54) is 12.1 Å². The van der Waals surface area contributed by atoms with E-state index in [1.807, 2.05) is 20.8 Å². The molecule has 6 nitrogen and oxygen atoms in total. The summed E-state index contributed by atoms with van der Waals surface area (Å²) in [5, 5.41) is 14.3. The van der Waals surface area contributed by atoms with E-state index in [4.69, 9.17) is 5.11 Å². The highest BCUT2D eigenvalue weighted by Gasteiger charge is 2.21. The summed E-state index contributed by atoms with van der Waals surface area (Å²) in [4.78, 5) is 23.9. The maximum absolute atomic E-state index is 13.7. The zero-order chi connectivity index (χ0) is 19.0. The number of carboxylic acid groups (broad SMARTS) is 1. The van der Waals surface area contributed by atoms with Crippen molar-refractivity contribution in [1.29, 1.82) is 0 Å². The van der Waals surface area contributed by atoms with Gasteiger partial charge in [0.2, 0.25) is 0 Å². The Hall–Kier alpha value is -2.96. The standard InChI is InChI=1S/C19H20FN3O3/c1-4-22-18-17(11(2)15(19(22)26)8-9-16(24)25)12(3)21-23(18)14-7-5-6-13(20)10-14/h5-7,10H,4,8-9H2,1-3H3,(H,24,25). The Kier molecular flexibility index (Phi) is 4.63. The average Bonchev–Trinajstić information content (AvgIpc) is 2.92. The predicted molar refractivity (Wildman–Crippen MR) is 96.4 cm³/mol. The predicted octanol–water partition coefficient (Wildman–Crippen LogP) is 2.98. The van der Waals surface area contributed by atoms with Crippen LogP contribution < -0.4 is 5.56 Å². The van der Waals surface area contributed by atoms with Gasteiger partial charge in [-0.25, -0.2) is 9.07 Å². The van der Waals surface area contributed by atoms with Gasteiger partial charge in [0.1, 0.15) is 11.5 Å². The van der Waals surface area contributed by atoms with Crippen LogP contribution in [0.1, 0.15) is 30.2 Å². The molecule has 2 aromatic heterocycles. The maximum atomic E-state index is 13.7. The number of halogens is 1. The second kappa shape index (κ2) is 6.74. The van der Waals surface area contributed by atoms with Gasteiger partial charge in [-0.15, -0.1) is 0 Å². The molecule has 0 saturated heterocycles. The van der Waals surface area contributed by atoms with Crippen molar-refractivity contribution in [2.24, 2.45) is 0 Å². The van der Waals surface area contributed by atoms with Crippen LogP contribution in [0.5, 0.6) is 0 Å². The summed E-state index contributed by atoms with van der Waals surface area (Å²) in [5.41, 5.74) is 2.83. The van der Waals surface area contributed by atoms with Gasteiger partial charge < -0.3 is 5.11 Å². The van der Waals surface area contributed by atoms with Crippen LogP contribution in [0.15, 0.2) is 29.1 Å². The Labute approximate surface area is 149 Å². The number of pyridine rings is 1. The van der Waals surface area contributed by atoms with Crippen LogP contribution >= 0.6 is 0 Å². The number of benzene rings is 1. The molecular weight excluding hydrogens is 337 g/mol. The van der Waals surface area contributed by atoms with E-state index >= 15 is 0 Å². The van der Waals surface area contributed by atoms with Crippen LogP contribution in [0.4, 0.5) is 4.39 Å². The highest BCUT2D eigenvalue weighted by Crippen LogP contribution is 2.26. The molecule has 0 aliphatic heterocycles. The third-order valence-electron chi connectivity index (χ3n) is 4.58. The lowest BCUT2D eigenvalue weighted by Crippen LogP contribution is -2.26. The minimum Gasteiger partial charge on any atom is -0.481 e. The maximum Gasteiger partial charge on any atom is 0.303 e. The van der Waals surface area contributed by atoms with Crippen molar-refractivity contribution >= 4 is 17.0 Å². The highest BCUT2D eigenvalue weighted by atomic mass is 19.1. The smallest absolute Gasteiger partial charge is 0.303 e. The van der Waals surface area contributed by atoms with Gasteiger partial charge in [-0.3, -0.25) is 14.2 Å². The van der Waals surface area contributed by atoms with Gasteiger partial charge in [0.25, 0.3) is 5.56 Å². The minimum atomic E-state index is -0.945. The first kappa shape index (κ1) is 17.8. The molecule has 0 radical (unpaired) electrons. The monoisotopic (exact) mass is 357 g/mol. The third kappa shape index (κ3) is 2.89. The van der Waals surface area contributed by atoms with Crippen molar-refractivity contribution in [3.8, 4) is 5.69 Å². The lowest BCUT2D eigenvalue weighted by molar-refractivity contribution is -0.136. The zero-order valence-corrected chi connectivity index (χ0v) is 14.9. The fourth-order valence-electron chi connectivity index (χ4n) is 3.38. The van der Waals surface area contributed by atoms with Crippen molar-refractivity contribution < 1.29 is 14.3 Å². The molecule has 1 aromatic carbocycles. The number of carboxylic acids is 1. The molecule has 0 unspecified atom stereocenters. The van der Waals surface area contributed by atoms with Crippen LogP contribution in [-0.4, -0.2) is 25.4 Å². The van der Waals surface area contributed by atoms with Crippen LogP contribution in [0, 0.1) is 19.7 Å². The van der Waals surface area contributed by atoms with Crippen LogP contribution in [0.2, 0.25) is 0 Å². The Morgan fingerprint density at radius 1 is 1.31 bits per heavy atom. The van der Waals surface area contributed by atoms with Crippen LogP contribution in [0.3, 0.4) is 0 Å². The van der Waals surface area contributed by atoms with Crippen molar-refractivity contribution in [3.05, 3.63) is 57.3 Å². The number of aromatic nitrogens is 3. The number of carbonyl (C=O) groups is 1. The number of nitrogens with zero attached hydrogens (tertiary/aromatic N) is 3. The molecule has 3 aromatic rings. The van der Waals surface area contributed by atoms with E-state index in [9.17, 15) is 14.0 Å². The van der Waals surface area contributed by atoms with Crippen LogP contribution in [-0.2, 0) is 17.8 Å².